The molecule has 1 amide bonds. The maximum Gasteiger partial charge on any atom is 0.254 e. The topological polar surface area (TPSA) is 68.5 Å². The number of oxazole rings is 1. The van der Waals surface area contributed by atoms with Gasteiger partial charge in [0.2, 0.25) is 11.8 Å². The van der Waals surface area contributed by atoms with E-state index in [-0.39, 0.29) is 29.0 Å². The highest BCUT2D eigenvalue weighted by molar-refractivity contribution is 6.30. The number of benzene rings is 1. The number of nitrogens with zero attached hydrogens (tertiary/aromatic N) is 3. The van der Waals surface area contributed by atoms with Crippen LogP contribution in [0.15, 0.2) is 53.4 Å². The van der Waals surface area contributed by atoms with E-state index in [0.717, 1.165) is 12.8 Å². The number of hydrogen-bond acceptors (Lipinski definition) is 5. The van der Waals surface area contributed by atoms with Gasteiger partial charge in [-0.3, -0.25) is 4.79 Å². The van der Waals surface area contributed by atoms with Gasteiger partial charge in [0.15, 0.2) is 0 Å². The third kappa shape index (κ3) is 3.84. The molecule has 0 bridgehead atoms. The Hall–Kier alpha value is -2.93. The largest absolute Gasteiger partial charge is 0.472 e. The van der Waals surface area contributed by atoms with Gasteiger partial charge in [0.05, 0.1) is 28.9 Å². The second kappa shape index (κ2) is 7.98. The summed E-state index contributed by atoms with van der Waals surface area (Å²) in [4.78, 5) is 22.9. The fourth-order valence-corrected chi connectivity index (χ4v) is 3.37. The first-order valence-corrected chi connectivity index (χ1v) is 9.25. The second-order valence-corrected chi connectivity index (χ2v) is 6.88. The lowest BCUT2D eigenvalue weighted by atomic mass is 10.0. The number of rotatable bonds is 4. The summed E-state index contributed by atoms with van der Waals surface area (Å²) in [5, 5.41) is 0.526. The molecular formula is C20H17ClFN3O3. The molecule has 1 fully saturated rings. The van der Waals surface area contributed by atoms with Gasteiger partial charge in [-0.25, -0.2) is 14.4 Å². The van der Waals surface area contributed by atoms with Crippen LogP contribution < -0.4 is 4.74 Å². The normalized spacial score (nSPS) is 16.8. The minimum absolute atomic E-state index is 0.0694. The lowest BCUT2D eigenvalue weighted by Gasteiger charge is -2.33. The molecule has 0 aliphatic carbocycles. The summed E-state index contributed by atoms with van der Waals surface area (Å²) < 4.78 is 25.5. The van der Waals surface area contributed by atoms with Gasteiger partial charge < -0.3 is 14.1 Å². The Morgan fingerprint density at radius 2 is 2.18 bits per heavy atom. The van der Waals surface area contributed by atoms with Crippen LogP contribution in [0.2, 0.25) is 5.02 Å². The Morgan fingerprint density at radius 3 is 2.93 bits per heavy atom. The van der Waals surface area contributed by atoms with Gasteiger partial charge in [-0.15, -0.1) is 0 Å². The Labute approximate surface area is 165 Å². The van der Waals surface area contributed by atoms with Gasteiger partial charge in [0.25, 0.3) is 5.91 Å². The molecule has 0 unspecified atom stereocenters. The first kappa shape index (κ1) is 18.4. The first-order chi connectivity index (χ1) is 13.6. The van der Waals surface area contributed by atoms with Gasteiger partial charge in [-0.05, 0) is 31.0 Å². The minimum atomic E-state index is -0.552. The van der Waals surface area contributed by atoms with Crippen molar-refractivity contribution in [2.75, 3.05) is 13.1 Å². The van der Waals surface area contributed by atoms with Crippen LogP contribution in [0.5, 0.6) is 5.88 Å². The number of halogens is 2. The molecule has 1 atom stereocenters. The second-order valence-electron chi connectivity index (χ2n) is 6.45. The molecule has 0 spiro atoms. The summed E-state index contributed by atoms with van der Waals surface area (Å²) in [5.41, 5.74) is 0.285. The molecule has 1 saturated heterocycles. The number of pyridine rings is 1. The van der Waals surface area contributed by atoms with Crippen LogP contribution in [0, 0.1) is 5.82 Å². The van der Waals surface area contributed by atoms with Crippen molar-refractivity contribution in [2.45, 2.75) is 18.9 Å². The molecule has 144 valence electrons. The SMILES string of the molecule is O=C(c1cccc(F)c1-c1ncco1)N1CCC[C@@H](Oc2ccc(Cl)cn2)C1. The number of amides is 1. The number of ether oxygens (including phenoxy) is 1. The molecule has 3 heterocycles. The summed E-state index contributed by atoms with van der Waals surface area (Å²) in [6, 6.07) is 7.76. The highest BCUT2D eigenvalue weighted by Crippen LogP contribution is 2.28. The Balaban J connectivity index is 1.54. The van der Waals surface area contributed by atoms with Crippen LogP contribution in [0.1, 0.15) is 23.2 Å². The number of aromatic nitrogens is 2. The molecule has 1 aromatic carbocycles. The van der Waals surface area contributed by atoms with Crippen LogP contribution in [-0.4, -0.2) is 40.0 Å². The van der Waals surface area contributed by atoms with Crippen molar-refractivity contribution in [2.24, 2.45) is 0 Å². The lowest BCUT2D eigenvalue weighted by Crippen LogP contribution is -2.44. The fraction of sp³-hybridized carbons (Fsp3) is 0.250. The molecule has 2 aromatic heterocycles. The molecule has 0 saturated carbocycles. The number of carbonyl (C=O) groups is 1. The van der Waals surface area contributed by atoms with Crippen LogP contribution in [0.3, 0.4) is 0 Å². The van der Waals surface area contributed by atoms with Crippen molar-refractivity contribution >= 4 is 17.5 Å². The van der Waals surface area contributed by atoms with E-state index in [0.29, 0.717) is 24.0 Å². The zero-order chi connectivity index (χ0) is 19.5. The van der Waals surface area contributed by atoms with Crippen LogP contribution >= 0.6 is 11.6 Å². The van der Waals surface area contributed by atoms with E-state index in [9.17, 15) is 9.18 Å². The minimum Gasteiger partial charge on any atom is -0.472 e. The van der Waals surface area contributed by atoms with Crippen molar-refractivity contribution in [3.63, 3.8) is 0 Å². The van der Waals surface area contributed by atoms with Gasteiger partial charge in [0.1, 0.15) is 18.2 Å². The number of likely N-dealkylation sites (tertiary alicyclic amines) is 1. The number of hydrogen-bond donors (Lipinski definition) is 0. The van der Waals surface area contributed by atoms with Crippen molar-refractivity contribution < 1.29 is 18.3 Å². The molecule has 6 nitrogen and oxygen atoms in total. The average Bonchev–Trinajstić information content (AvgIpc) is 3.23. The van der Waals surface area contributed by atoms with E-state index in [2.05, 4.69) is 9.97 Å². The van der Waals surface area contributed by atoms with Crippen molar-refractivity contribution in [1.29, 1.82) is 0 Å². The Kier molecular flexibility index (Phi) is 5.25. The monoisotopic (exact) mass is 401 g/mol. The summed E-state index contributed by atoms with van der Waals surface area (Å²) >= 11 is 5.84. The molecule has 28 heavy (non-hydrogen) atoms. The molecule has 3 aromatic rings. The van der Waals surface area contributed by atoms with Crippen molar-refractivity contribution in [1.82, 2.24) is 14.9 Å². The van der Waals surface area contributed by atoms with E-state index in [1.165, 1.54) is 30.8 Å². The molecule has 4 rings (SSSR count). The molecular weight excluding hydrogens is 385 g/mol. The predicted molar refractivity (Wildman–Crippen MR) is 101 cm³/mol. The molecule has 1 aliphatic rings. The standard InChI is InChI=1S/C20H17ClFN3O3/c21-13-6-7-17(24-11-13)28-14-3-2-9-25(12-14)20(26)15-4-1-5-16(22)18(15)19-23-8-10-27-19/h1,4-8,10-11,14H,2-3,9,12H2/t14-/m1/s1. The van der Waals surface area contributed by atoms with E-state index < -0.39 is 5.82 Å². The third-order valence-electron chi connectivity index (χ3n) is 4.54. The van der Waals surface area contributed by atoms with Gasteiger partial charge in [-0.1, -0.05) is 17.7 Å². The molecule has 0 N–H and O–H groups in total. The van der Waals surface area contributed by atoms with Crippen LogP contribution in [0.25, 0.3) is 11.5 Å². The fourth-order valence-electron chi connectivity index (χ4n) is 3.26. The van der Waals surface area contributed by atoms with E-state index >= 15 is 0 Å². The molecule has 8 heteroatoms. The smallest absolute Gasteiger partial charge is 0.254 e. The van der Waals surface area contributed by atoms with E-state index in [4.69, 9.17) is 20.8 Å². The summed E-state index contributed by atoms with van der Waals surface area (Å²) in [5.74, 6) is -0.305. The quantitative estimate of drug-likeness (QED) is 0.655. The van der Waals surface area contributed by atoms with Gasteiger partial charge >= 0.3 is 0 Å². The third-order valence-corrected chi connectivity index (χ3v) is 4.77. The number of piperidine rings is 1. The lowest BCUT2D eigenvalue weighted by molar-refractivity contribution is 0.0528. The van der Waals surface area contributed by atoms with Gasteiger partial charge in [-0.2, -0.15) is 0 Å². The van der Waals surface area contributed by atoms with E-state index in [1.807, 2.05) is 0 Å². The molecule has 0 radical (unpaired) electrons. The van der Waals surface area contributed by atoms with Crippen LogP contribution in [0.4, 0.5) is 4.39 Å². The number of carbonyl (C=O) groups excluding carboxylic acids is 1. The summed E-state index contributed by atoms with van der Waals surface area (Å²) in [7, 11) is 0. The Morgan fingerprint density at radius 1 is 1.29 bits per heavy atom. The maximum atomic E-state index is 14.4. The maximum absolute atomic E-state index is 14.4. The predicted octanol–water partition coefficient (Wildman–Crippen LogP) is 4.21. The zero-order valence-corrected chi connectivity index (χ0v) is 15.6. The first-order valence-electron chi connectivity index (χ1n) is 8.87. The molecule has 1 aliphatic heterocycles. The zero-order valence-electron chi connectivity index (χ0n) is 14.8. The summed E-state index contributed by atoms with van der Waals surface area (Å²) in [6.45, 7) is 0.943. The highest BCUT2D eigenvalue weighted by Gasteiger charge is 2.29. The van der Waals surface area contributed by atoms with Crippen molar-refractivity contribution in [3.05, 3.63) is 65.4 Å². The van der Waals surface area contributed by atoms with E-state index in [1.54, 1.807) is 23.1 Å². The average molecular weight is 402 g/mol. The van der Waals surface area contributed by atoms with Crippen LogP contribution in [-0.2, 0) is 0 Å². The Bertz CT molecular complexity index is 963. The van der Waals surface area contributed by atoms with Gasteiger partial charge in [0, 0.05) is 18.8 Å². The highest BCUT2D eigenvalue weighted by atomic mass is 35.5. The van der Waals surface area contributed by atoms with Crippen molar-refractivity contribution in [3.8, 4) is 17.3 Å². The summed E-state index contributed by atoms with van der Waals surface area (Å²) in [6.07, 6.45) is 5.64.